The molecule has 3 nitrogen and oxygen atoms in total. The molecule has 2 heterocycles. The van der Waals surface area contributed by atoms with Gasteiger partial charge in [0.1, 0.15) is 22.3 Å². The first-order chi connectivity index (χ1) is 10.0. The molecule has 0 N–H and O–H groups in total. The van der Waals surface area contributed by atoms with Gasteiger partial charge in [-0.05, 0) is 43.3 Å². The molecule has 0 saturated carbocycles. The van der Waals surface area contributed by atoms with Gasteiger partial charge < -0.3 is 4.74 Å². The molecule has 0 atom stereocenters. The minimum absolute atomic E-state index is 0.318. The van der Waals surface area contributed by atoms with E-state index in [1.165, 1.54) is 5.56 Å². The first-order valence-corrected chi connectivity index (χ1v) is 7.90. The van der Waals surface area contributed by atoms with Crippen LogP contribution < -0.4 is 4.74 Å². The quantitative estimate of drug-likeness (QED) is 0.647. The number of nitrogens with zero attached hydrogens (tertiary/aromatic N) is 2. The molecule has 0 aliphatic heterocycles. The molecule has 21 heavy (non-hydrogen) atoms. The van der Waals surface area contributed by atoms with Crippen LogP contribution in [0.4, 0.5) is 0 Å². The lowest BCUT2D eigenvalue weighted by atomic mass is 10.1. The monoisotopic (exact) mass is 318 g/mol. The molecule has 0 amide bonds. The minimum atomic E-state index is 0.318. The molecule has 0 spiro atoms. The van der Waals surface area contributed by atoms with Gasteiger partial charge in [0.25, 0.3) is 0 Å². The van der Waals surface area contributed by atoms with Gasteiger partial charge in [0.15, 0.2) is 5.82 Å². The van der Waals surface area contributed by atoms with Crippen LogP contribution in [0.2, 0.25) is 5.15 Å². The second-order valence-corrected chi connectivity index (χ2v) is 6.34. The molecule has 0 aliphatic carbocycles. The van der Waals surface area contributed by atoms with Crippen molar-refractivity contribution in [3.05, 3.63) is 51.2 Å². The smallest absolute Gasteiger partial charge is 0.169 e. The normalized spacial score (nSPS) is 11.0. The second-order valence-electron chi connectivity index (χ2n) is 5.09. The van der Waals surface area contributed by atoms with Crippen molar-refractivity contribution in [2.24, 2.45) is 0 Å². The zero-order valence-corrected chi connectivity index (χ0v) is 13.7. The summed E-state index contributed by atoms with van der Waals surface area (Å²) < 4.78 is 5.91. The number of rotatable bonds is 3. The topological polar surface area (TPSA) is 35.0 Å². The van der Waals surface area contributed by atoms with E-state index in [0.29, 0.717) is 17.6 Å². The molecule has 108 valence electrons. The Kier molecular flexibility index (Phi) is 3.83. The molecule has 0 radical (unpaired) electrons. The van der Waals surface area contributed by atoms with Gasteiger partial charge in [-0.1, -0.05) is 29.3 Å². The van der Waals surface area contributed by atoms with Crippen LogP contribution in [-0.2, 0) is 6.61 Å². The molecule has 0 aliphatic rings. The average molecular weight is 319 g/mol. The van der Waals surface area contributed by atoms with Crippen LogP contribution in [0, 0.1) is 20.8 Å². The first-order valence-electron chi connectivity index (χ1n) is 6.65. The van der Waals surface area contributed by atoms with E-state index in [4.69, 9.17) is 16.3 Å². The van der Waals surface area contributed by atoms with Crippen molar-refractivity contribution < 1.29 is 4.74 Å². The summed E-state index contributed by atoms with van der Waals surface area (Å²) in [7, 11) is 0. The average Bonchev–Trinajstić information content (AvgIpc) is 2.86. The fourth-order valence-electron chi connectivity index (χ4n) is 2.46. The van der Waals surface area contributed by atoms with Crippen molar-refractivity contribution in [3.63, 3.8) is 0 Å². The number of aryl methyl sites for hydroxylation is 3. The maximum Gasteiger partial charge on any atom is 0.169 e. The van der Waals surface area contributed by atoms with Gasteiger partial charge in [0.05, 0.1) is 0 Å². The summed E-state index contributed by atoms with van der Waals surface area (Å²) in [4.78, 5) is 9.68. The molecule has 0 unspecified atom stereocenters. The van der Waals surface area contributed by atoms with Gasteiger partial charge >= 0.3 is 0 Å². The molecule has 5 heteroatoms. The third kappa shape index (κ3) is 2.87. The van der Waals surface area contributed by atoms with Crippen LogP contribution in [0.25, 0.3) is 10.2 Å². The number of thiophene rings is 1. The molecule has 0 saturated heterocycles. The second kappa shape index (κ2) is 5.62. The lowest BCUT2D eigenvalue weighted by Crippen LogP contribution is -2.04. The maximum atomic E-state index is 6.17. The lowest BCUT2D eigenvalue weighted by Gasteiger charge is -2.12. The largest absolute Gasteiger partial charge is 0.485 e. The summed E-state index contributed by atoms with van der Waals surface area (Å²) in [5.41, 5.74) is 3.48. The van der Waals surface area contributed by atoms with Crippen LogP contribution in [0.15, 0.2) is 23.6 Å². The zero-order chi connectivity index (χ0) is 15.0. The van der Waals surface area contributed by atoms with E-state index in [1.807, 2.05) is 25.3 Å². The lowest BCUT2D eigenvalue weighted by molar-refractivity contribution is 0.292. The number of fused-ring (bicyclic) bond motifs is 1. The Hall–Kier alpha value is -1.65. The predicted molar refractivity (Wildman–Crippen MR) is 87.4 cm³/mol. The molecule has 0 bridgehead atoms. The standard InChI is InChI=1S/C16H15ClN2OS/c1-9-6-10(2)14(11(3)7-9)20-8-13-18-15(17)12-4-5-21-16(12)19-13/h4-7H,8H2,1-3H3. The Bertz CT molecular complexity index is 790. The number of hydrogen-bond donors (Lipinski definition) is 0. The highest BCUT2D eigenvalue weighted by Crippen LogP contribution is 2.27. The van der Waals surface area contributed by atoms with E-state index in [-0.39, 0.29) is 0 Å². The third-order valence-electron chi connectivity index (χ3n) is 3.28. The van der Waals surface area contributed by atoms with Crippen molar-refractivity contribution in [3.8, 4) is 5.75 Å². The summed E-state index contributed by atoms with van der Waals surface area (Å²) >= 11 is 7.72. The first kappa shape index (κ1) is 14.3. The fourth-order valence-corrected chi connectivity index (χ4v) is 3.55. The number of hydrogen-bond acceptors (Lipinski definition) is 4. The molecule has 3 aromatic rings. The third-order valence-corrected chi connectivity index (χ3v) is 4.37. The van der Waals surface area contributed by atoms with E-state index in [1.54, 1.807) is 11.3 Å². The van der Waals surface area contributed by atoms with E-state index >= 15 is 0 Å². The molecule has 0 fully saturated rings. The van der Waals surface area contributed by atoms with Gasteiger partial charge in [-0.15, -0.1) is 11.3 Å². The number of aromatic nitrogens is 2. The van der Waals surface area contributed by atoms with Gasteiger partial charge in [0.2, 0.25) is 0 Å². The summed E-state index contributed by atoms with van der Waals surface area (Å²) in [6.45, 7) is 6.49. The van der Waals surface area contributed by atoms with Crippen LogP contribution >= 0.6 is 22.9 Å². The SMILES string of the molecule is Cc1cc(C)c(OCc2nc(Cl)c3ccsc3n2)c(C)c1. The van der Waals surface area contributed by atoms with E-state index in [0.717, 1.165) is 27.1 Å². The molecular formula is C16H15ClN2OS. The van der Waals surface area contributed by atoms with Crippen molar-refractivity contribution >= 4 is 33.2 Å². The fraction of sp³-hybridized carbons (Fsp3) is 0.250. The Balaban J connectivity index is 1.86. The minimum Gasteiger partial charge on any atom is -0.485 e. The summed E-state index contributed by atoms with van der Waals surface area (Å²) in [6.07, 6.45) is 0. The van der Waals surface area contributed by atoms with Crippen LogP contribution in [0.5, 0.6) is 5.75 Å². The molecule has 3 rings (SSSR count). The maximum absolute atomic E-state index is 6.17. The van der Waals surface area contributed by atoms with Crippen molar-refractivity contribution in [2.45, 2.75) is 27.4 Å². The predicted octanol–water partition coefficient (Wildman–Crippen LogP) is 4.85. The van der Waals surface area contributed by atoms with Crippen molar-refractivity contribution in [1.29, 1.82) is 0 Å². The van der Waals surface area contributed by atoms with Crippen LogP contribution in [-0.4, -0.2) is 9.97 Å². The molecular weight excluding hydrogens is 304 g/mol. The molecule has 1 aromatic carbocycles. The highest BCUT2D eigenvalue weighted by molar-refractivity contribution is 7.16. The number of halogens is 1. The van der Waals surface area contributed by atoms with Gasteiger partial charge in [-0.3, -0.25) is 0 Å². The van der Waals surface area contributed by atoms with E-state index < -0.39 is 0 Å². The van der Waals surface area contributed by atoms with Crippen molar-refractivity contribution in [1.82, 2.24) is 9.97 Å². The molecule has 2 aromatic heterocycles. The van der Waals surface area contributed by atoms with Gasteiger partial charge in [-0.25, -0.2) is 9.97 Å². The summed E-state index contributed by atoms with van der Waals surface area (Å²) in [5.74, 6) is 1.50. The number of benzene rings is 1. The highest BCUT2D eigenvalue weighted by Gasteiger charge is 2.10. The highest BCUT2D eigenvalue weighted by atomic mass is 35.5. The number of ether oxygens (including phenoxy) is 1. The zero-order valence-electron chi connectivity index (χ0n) is 12.1. The van der Waals surface area contributed by atoms with E-state index in [2.05, 4.69) is 29.0 Å². The Morgan fingerprint density at radius 3 is 2.57 bits per heavy atom. The van der Waals surface area contributed by atoms with Gasteiger partial charge in [0, 0.05) is 5.39 Å². The van der Waals surface area contributed by atoms with Gasteiger partial charge in [-0.2, -0.15) is 0 Å². The summed E-state index contributed by atoms with van der Waals surface area (Å²) in [6, 6.07) is 6.15. The van der Waals surface area contributed by atoms with Crippen molar-refractivity contribution in [2.75, 3.05) is 0 Å². The Labute approximate surface area is 132 Å². The van der Waals surface area contributed by atoms with Crippen LogP contribution in [0.1, 0.15) is 22.5 Å². The Morgan fingerprint density at radius 1 is 1.14 bits per heavy atom. The van der Waals surface area contributed by atoms with Crippen LogP contribution in [0.3, 0.4) is 0 Å². The Morgan fingerprint density at radius 2 is 1.86 bits per heavy atom. The van der Waals surface area contributed by atoms with E-state index in [9.17, 15) is 0 Å². The summed E-state index contributed by atoms with van der Waals surface area (Å²) in [5, 5.41) is 3.34.